The van der Waals surface area contributed by atoms with E-state index >= 15 is 0 Å². The van der Waals surface area contributed by atoms with Gasteiger partial charge in [-0.3, -0.25) is 9.59 Å². The van der Waals surface area contributed by atoms with Gasteiger partial charge in [-0.2, -0.15) is 0 Å². The summed E-state index contributed by atoms with van der Waals surface area (Å²) in [5, 5.41) is 1.10. The topological polar surface area (TPSA) is 50.5 Å². The number of carbonyl (C=O) groups is 1. The molecule has 1 aliphatic heterocycles. The third kappa shape index (κ3) is 2.92. The summed E-state index contributed by atoms with van der Waals surface area (Å²) in [5.74, 6) is -0.0714. The first-order chi connectivity index (χ1) is 13.4. The SMILES string of the molecule is CCCCN1C(=O)c2oc3c(C)cc(C)cc3c(=O)c2C1c1cccc(Cl)c1. The smallest absolute Gasteiger partial charge is 0.290 e. The quantitative estimate of drug-likeness (QED) is 0.593. The van der Waals surface area contributed by atoms with Crippen molar-refractivity contribution in [1.82, 2.24) is 4.90 Å². The summed E-state index contributed by atoms with van der Waals surface area (Å²) in [6.07, 6.45) is 1.80. The Morgan fingerprint density at radius 2 is 1.93 bits per heavy atom. The summed E-state index contributed by atoms with van der Waals surface area (Å²) < 4.78 is 6.05. The number of hydrogen-bond acceptors (Lipinski definition) is 3. The average molecular weight is 396 g/mol. The predicted octanol–water partition coefficient (Wildman–Crippen LogP) is 5.41. The first-order valence-corrected chi connectivity index (χ1v) is 9.94. The normalized spacial score (nSPS) is 16.1. The van der Waals surface area contributed by atoms with E-state index < -0.39 is 6.04 Å². The molecule has 0 saturated heterocycles. The Kier molecular flexibility index (Phi) is 4.76. The summed E-state index contributed by atoms with van der Waals surface area (Å²) in [6.45, 7) is 6.48. The maximum absolute atomic E-state index is 13.5. The lowest BCUT2D eigenvalue weighted by Crippen LogP contribution is -2.30. The third-order valence-corrected chi connectivity index (χ3v) is 5.55. The number of hydrogen-bond donors (Lipinski definition) is 0. The molecule has 1 atom stereocenters. The van der Waals surface area contributed by atoms with Crippen LogP contribution in [-0.4, -0.2) is 17.4 Å². The number of benzene rings is 2. The van der Waals surface area contributed by atoms with Crippen LogP contribution in [0.25, 0.3) is 11.0 Å². The standard InChI is InChI=1S/C23H22ClNO3/c1-4-5-9-25-19(15-7-6-8-16(24)12-15)18-20(26)17-11-13(2)10-14(3)21(17)28-22(18)23(25)27/h6-8,10-12,19H,4-5,9H2,1-3H3. The van der Waals surface area contributed by atoms with Gasteiger partial charge in [-0.15, -0.1) is 0 Å². The monoisotopic (exact) mass is 395 g/mol. The summed E-state index contributed by atoms with van der Waals surface area (Å²) >= 11 is 6.21. The molecular weight excluding hydrogens is 374 g/mol. The Labute approximate surface area is 168 Å². The molecule has 1 amide bonds. The maximum atomic E-state index is 13.5. The van der Waals surface area contributed by atoms with Gasteiger partial charge >= 0.3 is 0 Å². The first-order valence-electron chi connectivity index (χ1n) is 9.56. The second kappa shape index (κ2) is 7.10. The van der Waals surface area contributed by atoms with Crippen LogP contribution < -0.4 is 5.43 Å². The number of amides is 1. The number of fused-ring (bicyclic) bond motifs is 2. The van der Waals surface area contributed by atoms with E-state index in [-0.39, 0.29) is 17.1 Å². The maximum Gasteiger partial charge on any atom is 0.290 e. The van der Waals surface area contributed by atoms with Crippen molar-refractivity contribution >= 4 is 28.5 Å². The molecule has 1 aliphatic rings. The molecule has 0 saturated carbocycles. The molecule has 0 N–H and O–H groups in total. The molecule has 2 aromatic carbocycles. The summed E-state index contributed by atoms with van der Waals surface area (Å²) in [5.41, 5.74) is 3.44. The van der Waals surface area contributed by atoms with Gasteiger partial charge in [0.25, 0.3) is 5.91 Å². The highest BCUT2D eigenvalue weighted by atomic mass is 35.5. The van der Waals surface area contributed by atoms with Crippen molar-refractivity contribution < 1.29 is 9.21 Å². The van der Waals surface area contributed by atoms with Gasteiger partial charge in [0.1, 0.15) is 5.58 Å². The molecule has 4 rings (SSSR count). The lowest BCUT2D eigenvalue weighted by Gasteiger charge is -2.25. The molecule has 2 heterocycles. The molecule has 0 radical (unpaired) electrons. The van der Waals surface area contributed by atoms with Crippen LogP contribution in [0, 0.1) is 13.8 Å². The first kappa shape index (κ1) is 18.8. The Morgan fingerprint density at radius 1 is 1.14 bits per heavy atom. The van der Waals surface area contributed by atoms with Crippen LogP contribution in [0.2, 0.25) is 5.02 Å². The number of aryl methyl sites for hydroxylation is 2. The van der Waals surface area contributed by atoms with Gasteiger partial charge in [-0.25, -0.2) is 0 Å². The van der Waals surface area contributed by atoms with E-state index in [9.17, 15) is 9.59 Å². The van der Waals surface area contributed by atoms with E-state index in [2.05, 4.69) is 6.92 Å². The van der Waals surface area contributed by atoms with E-state index in [1.54, 1.807) is 11.0 Å². The van der Waals surface area contributed by atoms with Gasteiger partial charge in [0.2, 0.25) is 5.76 Å². The van der Waals surface area contributed by atoms with Crippen molar-refractivity contribution in [2.45, 2.75) is 39.7 Å². The van der Waals surface area contributed by atoms with Gasteiger partial charge < -0.3 is 9.32 Å². The zero-order valence-electron chi connectivity index (χ0n) is 16.2. The van der Waals surface area contributed by atoms with Crippen molar-refractivity contribution in [2.24, 2.45) is 0 Å². The molecule has 0 aliphatic carbocycles. The Morgan fingerprint density at radius 3 is 2.64 bits per heavy atom. The lowest BCUT2D eigenvalue weighted by atomic mass is 9.97. The van der Waals surface area contributed by atoms with Crippen LogP contribution in [-0.2, 0) is 0 Å². The minimum Gasteiger partial charge on any atom is -0.450 e. The molecule has 28 heavy (non-hydrogen) atoms. The fourth-order valence-electron chi connectivity index (χ4n) is 4.06. The van der Waals surface area contributed by atoms with E-state index in [0.717, 1.165) is 29.5 Å². The Hall–Kier alpha value is -2.59. The third-order valence-electron chi connectivity index (χ3n) is 5.31. The van der Waals surface area contributed by atoms with E-state index in [0.29, 0.717) is 28.1 Å². The molecule has 0 fully saturated rings. The average Bonchev–Trinajstić information content (AvgIpc) is 2.93. The highest BCUT2D eigenvalue weighted by Crippen LogP contribution is 2.39. The van der Waals surface area contributed by atoms with Gasteiger partial charge in [0.05, 0.1) is 17.0 Å². The minimum atomic E-state index is -0.478. The second-order valence-electron chi connectivity index (χ2n) is 7.44. The number of nitrogens with zero attached hydrogens (tertiary/aromatic N) is 1. The summed E-state index contributed by atoms with van der Waals surface area (Å²) in [7, 11) is 0. The summed E-state index contributed by atoms with van der Waals surface area (Å²) in [4.78, 5) is 28.4. The number of rotatable bonds is 4. The Bertz CT molecular complexity index is 1150. The van der Waals surface area contributed by atoms with Crippen LogP contribution in [0.1, 0.15) is 58.6 Å². The lowest BCUT2D eigenvalue weighted by molar-refractivity contribution is 0.0725. The highest BCUT2D eigenvalue weighted by molar-refractivity contribution is 6.30. The van der Waals surface area contributed by atoms with Crippen LogP contribution in [0.3, 0.4) is 0 Å². The molecule has 1 unspecified atom stereocenters. The van der Waals surface area contributed by atoms with E-state index in [1.165, 1.54) is 0 Å². The Balaban J connectivity index is 2.01. The fraction of sp³-hybridized carbons (Fsp3) is 0.304. The molecule has 0 bridgehead atoms. The molecule has 0 spiro atoms. The van der Waals surface area contributed by atoms with Crippen LogP contribution >= 0.6 is 11.6 Å². The van der Waals surface area contributed by atoms with Crippen LogP contribution in [0.15, 0.2) is 45.6 Å². The van der Waals surface area contributed by atoms with Crippen molar-refractivity contribution in [2.75, 3.05) is 6.54 Å². The van der Waals surface area contributed by atoms with E-state index in [4.69, 9.17) is 16.0 Å². The zero-order valence-corrected chi connectivity index (χ0v) is 17.0. The van der Waals surface area contributed by atoms with Crippen molar-refractivity contribution in [3.63, 3.8) is 0 Å². The number of carbonyl (C=O) groups excluding carboxylic acids is 1. The van der Waals surface area contributed by atoms with Gasteiger partial charge in [0, 0.05) is 11.6 Å². The number of halogens is 1. The van der Waals surface area contributed by atoms with Crippen molar-refractivity contribution in [3.05, 3.63) is 79.7 Å². The highest BCUT2D eigenvalue weighted by Gasteiger charge is 2.42. The van der Waals surface area contributed by atoms with Gasteiger partial charge in [0.15, 0.2) is 5.43 Å². The van der Waals surface area contributed by atoms with Crippen LogP contribution in [0.4, 0.5) is 0 Å². The fourth-order valence-corrected chi connectivity index (χ4v) is 4.26. The molecule has 144 valence electrons. The minimum absolute atomic E-state index is 0.139. The molecule has 4 nitrogen and oxygen atoms in total. The molecule has 3 aromatic rings. The molecule has 1 aromatic heterocycles. The molecular formula is C23H22ClNO3. The van der Waals surface area contributed by atoms with Crippen molar-refractivity contribution in [3.8, 4) is 0 Å². The van der Waals surface area contributed by atoms with Gasteiger partial charge in [-0.05, 0) is 55.2 Å². The predicted molar refractivity (Wildman–Crippen MR) is 111 cm³/mol. The van der Waals surface area contributed by atoms with E-state index in [1.807, 2.05) is 44.2 Å². The largest absolute Gasteiger partial charge is 0.450 e. The molecule has 5 heteroatoms. The van der Waals surface area contributed by atoms with Crippen LogP contribution in [0.5, 0.6) is 0 Å². The zero-order chi connectivity index (χ0) is 20.0. The van der Waals surface area contributed by atoms with Crippen molar-refractivity contribution in [1.29, 1.82) is 0 Å². The second-order valence-corrected chi connectivity index (χ2v) is 7.88. The van der Waals surface area contributed by atoms with Gasteiger partial charge in [-0.1, -0.05) is 43.1 Å². The number of unbranched alkanes of at least 4 members (excludes halogenated alkanes) is 1. The summed E-state index contributed by atoms with van der Waals surface area (Å²) in [6, 6.07) is 10.7.